The fourth-order valence-electron chi connectivity index (χ4n) is 3.21. The van der Waals surface area contributed by atoms with Crippen molar-refractivity contribution >= 4 is 29.8 Å². The van der Waals surface area contributed by atoms with Crippen LogP contribution in [0.5, 0.6) is 5.75 Å². The number of benzene rings is 1. The third kappa shape index (κ3) is 4.06. The second-order valence-corrected chi connectivity index (χ2v) is 8.91. The molecule has 9 heteroatoms. The fraction of sp³-hybridized carbons (Fsp3) is 0.450. The Morgan fingerprint density at radius 1 is 1.17 bits per heavy atom. The largest absolute Gasteiger partial charge is 0.495 e. The number of nitrogens with zero attached hydrogens (tertiary/aromatic N) is 2. The number of methoxy groups -OCH3 is 1. The number of anilines is 1. The molecular formula is C20H28N3O5P. The van der Waals surface area contributed by atoms with Gasteiger partial charge in [0.15, 0.2) is 11.6 Å². The van der Waals surface area contributed by atoms with Crippen molar-refractivity contribution in [3.63, 3.8) is 0 Å². The summed E-state index contributed by atoms with van der Waals surface area (Å²) in [6.45, 7) is 8.96. The molecule has 0 aliphatic rings. The number of rotatable bonds is 9. The highest BCUT2D eigenvalue weighted by molar-refractivity contribution is 7.61. The van der Waals surface area contributed by atoms with Crippen LogP contribution in [0, 0.1) is 5.92 Å². The summed E-state index contributed by atoms with van der Waals surface area (Å²) >= 11 is 0. The maximum Gasteiger partial charge on any atom is 0.396 e. The molecule has 0 saturated heterocycles. The molecular weight excluding hydrogens is 393 g/mol. The van der Waals surface area contributed by atoms with Crippen molar-refractivity contribution in [2.75, 3.05) is 26.1 Å². The minimum absolute atomic E-state index is 0.157. The van der Waals surface area contributed by atoms with Crippen LogP contribution in [0.2, 0.25) is 0 Å². The van der Waals surface area contributed by atoms with Gasteiger partial charge in [-0.15, -0.1) is 0 Å². The molecule has 158 valence electrons. The van der Waals surface area contributed by atoms with E-state index in [-0.39, 0.29) is 18.7 Å². The third-order valence-electron chi connectivity index (χ3n) is 4.37. The van der Waals surface area contributed by atoms with E-state index in [4.69, 9.17) is 28.9 Å². The Morgan fingerprint density at radius 3 is 2.45 bits per heavy atom. The molecule has 2 N–H and O–H groups in total. The summed E-state index contributed by atoms with van der Waals surface area (Å²) < 4.78 is 37.1. The number of fused-ring (bicyclic) bond motifs is 1. The third-order valence-corrected chi connectivity index (χ3v) is 6.34. The second kappa shape index (κ2) is 8.61. The summed E-state index contributed by atoms with van der Waals surface area (Å²) in [5, 5.41) is 0. The SMILES string of the molecule is CCOP(=O)(OCC)c1ccc(-c2nc3c(N)c(OC)ccc3n2CC(C)C)o1. The van der Waals surface area contributed by atoms with Crippen molar-refractivity contribution in [2.45, 2.75) is 34.2 Å². The van der Waals surface area contributed by atoms with Gasteiger partial charge >= 0.3 is 7.60 Å². The monoisotopic (exact) mass is 421 g/mol. The van der Waals surface area contributed by atoms with Gasteiger partial charge in [0.2, 0.25) is 5.50 Å². The molecule has 1 aromatic carbocycles. The molecule has 8 nitrogen and oxygen atoms in total. The van der Waals surface area contributed by atoms with E-state index in [1.807, 2.05) is 16.7 Å². The van der Waals surface area contributed by atoms with Gasteiger partial charge in [-0.05, 0) is 44.0 Å². The number of nitrogen functional groups attached to an aromatic ring is 1. The van der Waals surface area contributed by atoms with E-state index in [9.17, 15) is 4.57 Å². The first-order valence-electron chi connectivity index (χ1n) is 9.67. The number of imidazole rings is 1. The van der Waals surface area contributed by atoms with Crippen LogP contribution in [0.1, 0.15) is 27.7 Å². The molecule has 0 atom stereocenters. The van der Waals surface area contributed by atoms with Crippen LogP contribution in [-0.4, -0.2) is 29.9 Å². The molecule has 0 aliphatic carbocycles. The topological polar surface area (TPSA) is 102 Å². The molecule has 0 unspecified atom stereocenters. The Kier molecular flexibility index (Phi) is 6.36. The molecule has 3 rings (SSSR count). The fourth-order valence-corrected chi connectivity index (χ4v) is 4.69. The number of nitrogens with two attached hydrogens (primary N) is 1. The van der Waals surface area contributed by atoms with Gasteiger partial charge in [0.05, 0.1) is 25.8 Å². The van der Waals surface area contributed by atoms with Crippen LogP contribution < -0.4 is 16.0 Å². The van der Waals surface area contributed by atoms with Gasteiger partial charge in [0.1, 0.15) is 17.0 Å². The number of aromatic nitrogens is 2. The van der Waals surface area contributed by atoms with Crippen LogP contribution in [0.3, 0.4) is 0 Å². The first-order chi connectivity index (χ1) is 13.8. The maximum absolute atomic E-state index is 13.0. The van der Waals surface area contributed by atoms with Crippen molar-refractivity contribution in [2.24, 2.45) is 5.92 Å². The quantitative estimate of drug-likeness (QED) is 0.403. The van der Waals surface area contributed by atoms with E-state index >= 15 is 0 Å². The number of ether oxygens (including phenoxy) is 1. The van der Waals surface area contributed by atoms with Gasteiger partial charge < -0.3 is 28.5 Å². The first-order valence-corrected chi connectivity index (χ1v) is 11.2. The highest BCUT2D eigenvalue weighted by atomic mass is 31.2. The predicted molar refractivity (Wildman–Crippen MR) is 114 cm³/mol. The Balaban J connectivity index is 2.15. The Morgan fingerprint density at radius 2 is 1.86 bits per heavy atom. The number of hydrogen-bond acceptors (Lipinski definition) is 7. The van der Waals surface area contributed by atoms with Gasteiger partial charge in [-0.3, -0.25) is 4.57 Å². The van der Waals surface area contributed by atoms with Crippen molar-refractivity contribution < 1.29 is 22.8 Å². The normalized spacial score (nSPS) is 12.2. The highest BCUT2D eigenvalue weighted by Gasteiger charge is 2.32. The lowest BCUT2D eigenvalue weighted by Gasteiger charge is -2.14. The summed E-state index contributed by atoms with van der Waals surface area (Å²) in [7, 11) is -1.95. The van der Waals surface area contributed by atoms with E-state index in [0.717, 1.165) is 5.52 Å². The van der Waals surface area contributed by atoms with Gasteiger partial charge in [0, 0.05) is 6.54 Å². The second-order valence-electron chi connectivity index (χ2n) is 6.96. The van der Waals surface area contributed by atoms with Crippen LogP contribution in [0.15, 0.2) is 28.7 Å². The molecule has 0 bridgehead atoms. The van der Waals surface area contributed by atoms with E-state index < -0.39 is 7.60 Å². The molecule has 0 spiro atoms. The zero-order valence-electron chi connectivity index (χ0n) is 17.5. The zero-order valence-corrected chi connectivity index (χ0v) is 18.4. The smallest absolute Gasteiger partial charge is 0.396 e. The molecule has 2 aromatic heterocycles. The summed E-state index contributed by atoms with van der Waals surface area (Å²) in [5.41, 5.74) is 8.40. The Hall–Kier alpha value is -2.28. The van der Waals surface area contributed by atoms with Crippen LogP contribution in [0.25, 0.3) is 22.6 Å². The Bertz CT molecular complexity index is 1030. The van der Waals surface area contributed by atoms with Crippen molar-refractivity contribution in [3.05, 3.63) is 24.3 Å². The molecule has 0 radical (unpaired) electrons. The minimum atomic E-state index is -3.52. The lowest BCUT2D eigenvalue weighted by molar-refractivity contribution is 0.225. The highest BCUT2D eigenvalue weighted by Crippen LogP contribution is 2.48. The number of furan rings is 1. The van der Waals surface area contributed by atoms with Crippen molar-refractivity contribution in [1.29, 1.82) is 0 Å². The lowest BCUT2D eigenvalue weighted by atomic mass is 10.2. The summed E-state index contributed by atoms with van der Waals surface area (Å²) in [6.07, 6.45) is 0. The molecule has 0 aliphatic heterocycles. The van der Waals surface area contributed by atoms with Gasteiger partial charge in [0.25, 0.3) is 0 Å². The van der Waals surface area contributed by atoms with Gasteiger partial charge in [-0.25, -0.2) is 4.98 Å². The van der Waals surface area contributed by atoms with Crippen molar-refractivity contribution in [1.82, 2.24) is 9.55 Å². The molecule has 0 saturated carbocycles. The summed E-state index contributed by atoms with van der Waals surface area (Å²) in [4.78, 5) is 4.72. The first kappa shape index (κ1) is 21.4. The molecule has 0 fully saturated rings. The van der Waals surface area contributed by atoms with Crippen molar-refractivity contribution in [3.8, 4) is 17.3 Å². The molecule has 2 heterocycles. The molecule has 3 aromatic rings. The lowest BCUT2D eigenvalue weighted by Crippen LogP contribution is -2.09. The summed E-state index contributed by atoms with van der Waals surface area (Å²) in [5.74, 6) is 1.99. The minimum Gasteiger partial charge on any atom is -0.495 e. The number of hydrogen-bond donors (Lipinski definition) is 1. The van der Waals surface area contributed by atoms with Gasteiger partial charge in [-0.1, -0.05) is 13.8 Å². The molecule has 29 heavy (non-hydrogen) atoms. The standard InChI is InChI=1S/C20H28N3O5P/c1-6-26-29(24,27-7-2)17-11-10-16(28-17)20-22-19-14(23(20)12-13(3)4)8-9-15(25-5)18(19)21/h8-11,13H,6-7,12,21H2,1-5H3. The van der Waals surface area contributed by atoms with Crippen LogP contribution >= 0.6 is 7.60 Å². The van der Waals surface area contributed by atoms with Crippen LogP contribution in [0.4, 0.5) is 5.69 Å². The van der Waals surface area contributed by atoms with Crippen LogP contribution in [-0.2, 0) is 20.2 Å². The zero-order chi connectivity index (χ0) is 21.2. The predicted octanol–water partition coefficient (Wildman–Crippen LogP) is 4.43. The van der Waals surface area contributed by atoms with E-state index in [2.05, 4.69) is 13.8 Å². The van der Waals surface area contributed by atoms with Gasteiger partial charge in [-0.2, -0.15) is 0 Å². The maximum atomic E-state index is 13.0. The average Bonchev–Trinajstić information content (AvgIpc) is 3.28. The Labute approximate surface area is 170 Å². The van der Waals surface area contributed by atoms with E-state index in [1.54, 1.807) is 33.1 Å². The molecule has 0 amide bonds. The average molecular weight is 421 g/mol. The van der Waals surface area contributed by atoms with E-state index in [0.29, 0.717) is 41.0 Å². The van der Waals surface area contributed by atoms with E-state index in [1.165, 1.54) is 0 Å². The summed E-state index contributed by atoms with van der Waals surface area (Å²) in [6, 6.07) is 7.10.